The summed E-state index contributed by atoms with van der Waals surface area (Å²) in [5.74, 6) is -1.36. The standard InChI is InChI=1S/C22H16N6O3/c1-31-16-9-7-15(8-10-16)27-28-20-18(25)17(21(29)13-5-3-2-4-6-13)22(30)26-19(20)14(11-23)12-24/h2-10,14H,1H3,(H3,25,26,30). The van der Waals surface area contributed by atoms with Gasteiger partial charge in [0.05, 0.1) is 36.3 Å². The molecule has 3 N–H and O–H groups in total. The third kappa shape index (κ3) is 4.31. The van der Waals surface area contributed by atoms with Crippen LogP contribution in [0.15, 0.2) is 69.6 Å². The van der Waals surface area contributed by atoms with Gasteiger partial charge in [-0.2, -0.15) is 15.6 Å². The van der Waals surface area contributed by atoms with E-state index in [1.807, 2.05) is 0 Å². The molecule has 1 heterocycles. The fraction of sp³-hybridized carbons (Fsp3) is 0.0909. The molecule has 0 amide bonds. The van der Waals surface area contributed by atoms with Crippen LogP contribution in [0.4, 0.5) is 17.1 Å². The van der Waals surface area contributed by atoms with E-state index in [0.717, 1.165) is 0 Å². The molecular weight excluding hydrogens is 396 g/mol. The zero-order chi connectivity index (χ0) is 22.4. The van der Waals surface area contributed by atoms with Crippen molar-refractivity contribution in [3.63, 3.8) is 0 Å². The lowest BCUT2D eigenvalue weighted by Crippen LogP contribution is -2.23. The van der Waals surface area contributed by atoms with Gasteiger partial charge in [0.15, 0.2) is 5.92 Å². The first-order valence-electron chi connectivity index (χ1n) is 9.00. The second-order valence-corrected chi connectivity index (χ2v) is 6.29. The molecule has 31 heavy (non-hydrogen) atoms. The lowest BCUT2D eigenvalue weighted by molar-refractivity contribution is 0.103. The van der Waals surface area contributed by atoms with Crippen molar-refractivity contribution in [1.29, 1.82) is 10.5 Å². The normalized spacial score (nSPS) is 10.6. The van der Waals surface area contributed by atoms with Gasteiger partial charge in [-0.1, -0.05) is 30.3 Å². The molecule has 0 radical (unpaired) electrons. The third-order valence-electron chi connectivity index (χ3n) is 4.40. The van der Waals surface area contributed by atoms with Gasteiger partial charge in [-0.15, -0.1) is 5.11 Å². The van der Waals surface area contributed by atoms with Gasteiger partial charge in [0.25, 0.3) is 5.56 Å². The molecule has 0 aliphatic heterocycles. The summed E-state index contributed by atoms with van der Waals surface area (Å²) < 4.78 is 5.09. The fourth-order valence-electron chi connectivity index (χ4n) is 2.82. The number of methoxy groups -OCH3 is 1. The van der Waals surface area contributed by atoms with E-state index in [-0.39, 0.29) is 28.2 Å². The number of carbonyl (C=O) groups excluding carboxylic acids is 1. The SMILES string of the molecule is COc1ccc(N=Nc2c(C(C#N)C#N)[nH]c(=O)c(C(=O)c3ccccc3)c2N)cc1. The molecule has 0 saturated heterocycles. The maximum atomic E-state index is 12.9. The van der Waals surface area contributed by atoms with Crippen LogP contribution in [0.1, 0.15) is 27.5 Å². The van der Waals surface area contributed by atoms with Crippen molar-refractivity contribution in [3.05, 3.63) is 81.8 Å². The summed E-state index contributed by atoms with van der Waals surface area (Å²) in [6.07, 6.45) is 0. The Morgan fingerprint density at radius 2 is 1.71 bits per heavy atom. The Kier molecular flexibility index (Phi) is 6.19. The molecule has 3 rings (SSSR count). The number of hydrogen-bond donors (Lipinski definition) is 2. The first kappa shape index (κ1) is 21.0. The highest BCUT2D eigenvalue weighted by Crippen LogP contribution is 2.34. The van der Waals surface area contributed by atoms with Gasteiger partial charge >= 0.3 is 0 Å². The van der Waals surface area contributed by atoms with E-state index in [1.165, 1.54) is 7.11 Å². The van der Waals surface area contributed by atoms with E-state index in [0.29, 0.717) is 11.4 Å². The van der Waals surface area contributed by atoms with Crippen LogP contribution in [0.3, 0.4) is 0 Å². The Balaban J connectivity index is 2.17. The van der Waals surface area contributed by atoms with Crippen LogP contribution >= 0.6 is 0 Å². The highest BCUT2D eigenvalue weighted by Gasteiger charge is 2.26. The number of azo groups is 1. The molecule has 0 bridgehead atoms. The molecule has 0 spiro atoms. The topological polar surface area (TPSA) is 157 Å². The molecule has 0 aliphatic carbocycles. The maximum absolute atomic E-state index is 12.9. The second kappa shape index (κ2) is 9.16. The third-order valence-corrected chi connectivity index (χ3v) is 4.40. The lowest BCUT2D eigenvalue weighted by atomic mass is 9.99. The average molecular weight is 412 g/mol. The molecule has 2 aromatic carbocycles. The largest absolute Gasteiger partial charge is 0.497 e. The number of H-pyrrole nitrogens is 1. The number of nitrogens with zero attached hydrogens (tertiary/aromatic N) is 4. The van der Waals surface area contributed by atoms with Gasteiger partial charge in [0, 0.05) is 5.56 Å². The number of pyridine rings is 1. The molecule has 9 heteroatoms. The molecule has 1 aromatic heterocycles. The summed E-state index contributed by atoms with van der Waals surface area (Å²) in [5.41, 5.74) is 5.15. The Morgan fingerprint density at radius 3 is 2.29 bits per heavy atom. The molecule has 0 unspecified atom stereocenters. The van der Waals surface area contributed by atoms with Gasteiger partial charge in [0.1, 0.15) is 17.0 Å². The van der Waals surface area contributed by atoms with Crippen LogP contribution in [0, 0.1) is 22.7 Å². The molecule has 152 valence electrons. The molecule has 0 fully saturated rings. The molecule has 0 atom stereocenters. The number of ether oxygens (including phenoxy) is 1. The summed E-state index contributed by atoms with van der Waals surface area (Å²) in [5, 5.41) is 26.7. The Labute approximate surface area is 177 Å². The Morgan fingerprint density at radius 1 is 1.06 bits per heavy atom. The number of hydrogen-bond acceptors (Lipinski definition) is 8. The summed E-state index contributed by atoms with van der Waals surface area (Å²) in [6, 6.07) is 18.2. The van der Waals surface area contributed by atoms with Crippen molar-refractivity contribution in [2.75, 3.05) is 12.8 Å². The minimum atomic E-state index is -1.36. The van der Waals surface area contributed by atoms with E-state index in [2.05, 4.69) is 15.2 Å². The Hall–Kier alpha value is -4.76. The number of aromatic nitrogens is 1. The summed E-state index contributed by atoms with van der Waals surface area (Å²) in [7, 11) is 1.53. The number of benzene rings is 2. The Bertz CT molecular complexity index is 1270. The summed E-state index contributed by atoms with van der Waals surface area (Å²) >= 11 is 0. The van der Waals surface area contributed by atoms with Crippen LogP contribution in [-0.4, -0.2) is 17.9 Å². The van der Waals surface area contributed by atoms with Crippen molar-refractivity contribution < 1.29 is 9.53 Å². The van der Waals surface area contributed by atoms with Crippen LogP contribution in [-0.2, 0) is 0 Å². The van der Waals surface area contributed by atoms with Crippen molar-refractivity contribution in [3.8, 4) is 17.9 Å². The molecule has 0 aliphatic rings. The monoisotopic (exact) mass is 412 g/mol. The van der Waals surface area contributed by atoms with Gasteiger partial charge in [-0.05, 0) is 24.3 Å². The van der Waals surface area contributed by atoms with Gasteiger partial charge in [-0.25, -0.2) is 0 Å². The zero-order valence-corrected chi connectivity index (χ0v) is 16.4. The quantitative estimate of drug-likeness (QED) is 0.463. The number of ketones is 1. The minimum Gasteiger partial charge on any atom is -0.497 e. The number of nitrogen functional groups attached to an aromatic ring is 1. The maximum Gasteiger partial charge on any atom is 0.261 e. The lowest BCUT2D eigenvalue weighted by Gasteiger charge is -2.11. The number of rotatable bonds is 6. The number of anilines is 1. The number of nitriles is 2. The second-order valence-electron chi connectivity index (χ2n) is 6.29. The summed E-state index contributed by atoms with van der Waals surface area (Å²) in [6.45, 7) is 0. The minimum absolute atomic E-state index is 0.122. The zero-order valence-electron chi connectivity index (χ0n) is 16.4. The van der Waals surface area contributed by atoms with E-state index >= 15 is 0 Å². The van der Waals surface area contributed by atoms with E-state index < -0.39 is 17.3 Å². The number of carbonyl (C=O) groups is 1. The summed E-state index contributed by atoms with van der Waals surface area (Å²) in [4.78, 5) is 28.0. The highest BCUT2D eigenvalue weighted by atomic mass is 16.5. The first-order chi connectivity index (χ1) is 15.0. The van der Waals surface area contributed by atoms with Crippen molar-refractivity contribution in [2.24, 2.45) is 10.2 Å². The van der Waals surface area contributed by atoms with E-state index in [4.69, 9.17) is 10.5 Å². The van der Waals surface area contributed by atoms with Crippen molar-refractivity contribution in [2.45, 2.75) is 5.92 Å². The van der Waals surface area contributed by atoms with Gasteiger partial charge < -0.3 is 15.5 Å². The number of aromatic amines is 1. The molecule has 9 nitrogen and oxygen atoms in total. The van der Waals surface area contributed by atoms with Crippen molar-refractivity contribution >= 4 is 22.8 Å². The van der Waals surface area contributed by atoms with E-state index in [1.54, 1.807) is 66.7 Å². The fourth-order valence-corrected chi connectivity index (χ4v) is 2.82. The van der Waals surface area contributed by atoms with Crippen molar-refractivity contribution in [1.82, 2.24) is 4.98 Å². The van der Waals surface area contributed by atoms with Crippen LogP contribution in [0.5, 0.6) is 5.75 Å². The van der Waals surface area contributed by atoms with Gasteiger partial charge in [-0.3, -0.25) is 9.59 Å². The highest BCUT2D eigenvalue weighted by molar-refractivity contribution is 6.13. The van der Waals surface area contributed by atoms with Crippen LogP contribution < -0.4 is 16.0 Å². The molecule has 0 saturated carbocycles. The predicted octanol–water partition coefficient (Wildman–Crippen LogP) is 3.74. The first-order valence-corrected chi connectivity index (χ1v) is 9.00. The molecular formula is C22H16N6O3. The predicted molar refractivity (Wildman–Crippen MR) is 112 cm³/mol. The smallest absolute Gasteiger partial charge is 0.261 e. The van der Waals surface area contributed by atoms with E-state index in [9.17, 15) is 20.1 Å². The van der Waals surface area contributed by atoms with Crippen LogP contribution in [0.25, 0.3) is 0 Å². The van der Waals surface area contributed by atoms with Gasteiger partial charge in [0.2, 0.25) is 5.78 Å². The number of nitrogens with one attached hydrogen (secondary N) is 1. The average Bonchev–Trinajstić information content (AvgIpc) is 2.80. The molecule has 3 aromatic rings. The van der Waals surface area contributed by atoms with Crippen LogP contribution in [0.2, 0.25) is 0 Å². The number of nitrogens with two attached hydrogens (primary N) is 1.